The van der Waals surface area contributed by atoms with Gasteiger partial charge in [0.2, 0.25) is 0 Å². The van der Waals surface area contributed by atoms with Crippen molar-refractivity contribution in [2.24, 2.45) is 0 Å². The van der Waals surface area contributed by atoms with E-state index in [1.54, 1.807) is 13.2 Å². The van der Waals surface area contributed by atoms with Crippen LogP contribution in [-0.4, -0.2) is 19.7 Å². The summed E-state index contributed by atoms with van der Waals surface area (Å²) in [6.45, 7) is 0.220. The van der Waals surface area contributed by atoms with Crippen LogP contribution in [0.3, 0.4) is 0 Å². The zero-order valence-corrected chi connectivity index (χ0v) is 9.23. The fourth-order valence-corrected chi connectivity index (χ4v) is 1.79. The van der Waals surface area contributed by atoms with E-state index in [2.05, 4.69) is 0 Å². The molecule has 0 aromatic heterocycles. The van der Waals surface area contributed by atoms with Gasteiger partial charge in [0.15, 0.2) is 12.6 Å². The number of carbonyl (C=O) groups is 1. The molecular formula is C13H14O3. The van der Waals surface area contributed by atoms with E-state index in [1.165, 1.54) is 0 Å². The molecule has 0 unspecified atom stereocenters. The molecule has 0 saturated heterocycles. The minimum absolute atomic E-state index is 0.191. The second kappa shape index (κ2) is 4.94. The highest BCUT2D eigenvalue weighted by Crippen LogP contribution is 2.32. The molecule has 0 spiro atoms. The number of para-hydroxylation sites is 1. The number of methoxy groups -OCH3 is 1. The monoisotopic (exact) mass is 218 g/mol. The van der Waals surface area contributed by atoms with Gasteiger partial charge in [-0.15, -0.1) is 0 Å². The molecule has 0 bridgehead atoms. The predicted molar refractivity (Wildman–Crippen MR) is 61.2 cm³/mol. The second-order valence-corrected chi connectivity index (χ2v) is 3.68. The van der Waals surface area contributed by atoms with Crippen molar-refractivity contribution in [1.82, 2.24) is 0 Å². The summed E-state index contributed by atoms with van der Waals surface area (Å²) in [5.74, 6) is 0.960. The van der Waals surface area contributed by atoms with Crippen molar-refractivity contribution in [3.63, 3.8) is 0 Å². The lowest BCUT2D eigenvalue weighted by molar-refractivity contribution is -0.114. The first-order chi connectivity index (χ1) is 7.81. The van der Waals surface area contributed by atoms with E-state index >= 15 is 0 Å². The van der Waals surface area contributed by atoms with Gasteiger partial charge in [-0.2, -0.15) is 0 Å². The Labute approximate surface area is 94.7 Å². The van der Waals surface area contributed by atoms with Gasteiger partial charge >= 0.3 is 0 Å². The fraction of sp³-hybridized carbons (Fsp3) is 0.308. The molecular weight excluding hydrogens is 204 g/mol. The molecule has 2 rings (SSSR count). The van der Waals surface area contributed by atoms with E-state index in [4.69, 9.17) is 9.47 Å². The Morgan fingerprint density at radius 3 is 2.75 bits per heavy atom. The molecule has 0 aliphatic heterocycles. The molecule has 16 heavy (non-hydrogen) atoms. The summed E-state index contributed by atoms with van der Waals surface area (Å²) in [7, 11) is 1.58. The molecule has 3 nitrogen and oxygen atoms in total. The van der Waals surface area contributed by atoms with E-state index in [0.717, 1.165) is 23.3 Å². The maximum absolute atomic E-state index is 11.2. The van der Waals surface area contributed by atoms with Gasteiger partial charge in [-0.1, -0.05) is 18.2 Å². The number of ether oxygens (including phenoxy) is 2. The highest BCUT2D eigenvalue weighted by atomic mass is 16.7. The molecule has 0 N–H and O–H groups in total. The number of rotatable bonds is 4. The molecule has 0 heterocycles. The summed E-state index contributed by atoms with van der Waals surface area (Å²) in [6.07, 6.45) is 3.11. The molecule has 0 radical (unpaired) electrons. The fourth-order valence-electron chi connectivity index (χ4n) is 1.79. The predicted octanol–water partition coefficient (Wildman–Crippen LogP) is 2.42. The van der Waals surface area contributed by atoms with Gasteiger partial charge in [-0.25, -0.2) is 0 Å². The molecule has 0 saturated carbocycles. The van der Waals surface area contributed by atoms with Crippen LogP contribution >= 0.6 is 0 Å². The highest BCUT2D eigenvalue weighted by molar-refractivity contribution is 6.02. The minimum Gasteiger partial charge on any atom is -0.467 e. The lowest BCUT2D eigenvalue weighted by Gasteiger charge is -2.10. The summed E-state index contributed by atoms with van der Waals surface area (Å²) in [4.78, 5) is 11.2. The molecule has 1 aromatic rings. The number of benzene rings is 1. The summed E-state index contributed by atoms with van der Waals surface area (Å²) >= 11 is 0. The van der Waals surface area contributed by atoms with Crippen molar-refractivity contribution < 1.29 is 14.3 Å². The van der Waals surface area contributed by atoms with Crippen LogP contribution in [0.5, 0.6) is 5.75 Å². The minimum atomic E-state index is 0.191. The van der Waals surface area contributed by atoms with Crippen molar-refractivity contribution in [3.05, 3.63) is 35.9 Å². The van der Waals surface area contributed by atoms with Gasteiger partial charge in [0.25, 0.3) is 0 Å². The third-order valence-electron chi connectivity index (χ3n) is 2.54. The van der Waals surface area contributed by atoms with E-state index in [9.17, 15) is 4.79 Å². The lowest BCUT2D eigenvalue weighted by Crippen LogP contribution is -2.00. The van der Waals surface area contributed by atoms with Crippen LogP contribution in [0.25, 0.3) is 5.57 Å². The van der Waals surface area contributed by atoms with Gasteiger partial charge in [0, 0.05) is 19.1 Å². The maximum Gasteiger partial charge on any atom is 0.188 e. The number of allylic oxidation sites excluding steroid dienone is 2. The largest absolute Gasteiger partial charge is 0.467 e. The summed E-state index contributed by atoms with van der Waals surface area (Å²) in [6, 6.07) is 7.71. The SMILES string of the molecule is COCOc1ccccc1C1=CC(=O)CC1. The topological polar surface area (TPSA) is 35.5 Å². The van der Waals surface area contributed by atoms with Crippen LogP contribution in [0.15, 0.2) is 30.3 Å². The summed E-state index contributed by atoms with van der Waals surface area (Å²) in [5, 5.41) is 0. The van der Waals surface area contributed by atoms with E-state index in [1.807, 2.05) is 24.3 Å². The first-order valence-corrected chi connectivity index (χ1v) is 5.26. The van der Waals surface area contributed by atoms with Gasteiger partial charge in [0.1, 0.15) is 5.75 Å². The Morgan fingerprint density at radius 1 is 1.25 bits per heavy atom. The van der Waals surface area contributed by atoms with Crippen LogP contribution in [-0.2, 0) is 9.53 Å². The van der Waals surface area contributed by atoms with E-state index < -0.39 is 0 Å². The Balaban J connectivity index is 2.26. The quantitative estimate of drug-likeness (QED) is 0.728. The van der Waals surface area contributed by atoms with Crippen LogP contribution in [0.2, 0.25) is 0 Å². The molecule has 3 heteroatoms. The smallest absolute Gasteiger partial charge is 0.188 e. The third-order valence-corrected chi connectivity index (χ3v) is 2.54. The van der Waals surface area contributed by atoms with E-state index in [-0.39, 0.29) is 12.6 Å². The van der Waals surface area contributed by atoms with Gasteiger partial charge in [-0.3, -0.25) is 4.79 Å². The molecule has 1 aliphatic rings. The Morgan fingerprint density at radius 2 is 2.06 bits per heavy atom. The highest BCUT2D eigenvalue weighted by Gasteiger charge is 2.16. The molecule has 84 valence electrons. The Bertz CT molecular complexity index is 421. The van der Waals surface area contributed by atoms with Crippen molar-refractivity contribution in [3.8, 4) is 5.75 Å². The molecule has 0 fully saturated rings. The van der Waals surface area contributed by atoms with Crippen LogP contribution in [0, 0.1) is 0 Å². The van der Waals surface area contributed by atoms with Gasteiger partial charge in [0.05, 0.1) is 0 Å². The Kier molecular flexibility index (Phi) is 3.37. The number of hydrogen-bond acceptors (Lipinski definition) is 3. The standard InChI is InChI=1S/C13H14O3/c1-15-9-16-13-5-3-2-4-12(13)10-6-7-11(14)8-10/h2-5,8H,6-7,9H2,1H3. The first kappa shape index (κ1) is 10.9. The molecule has 1 aliphatic carbocycles. The van der Waals surface area contributed by atoms with Crippen molar-refractivity contribution >= 4 is 11.4 Å². The van der Waals surface area contributed by atoms with Crippen molar-refractivity contribution in [2.75, 3.05) is 13.9 Å². The maximum atomic E-state index is 11.2. The van der Waals surface area contributed by atoms with Crippen LogP contribution < -0.4 is 4.74 Å². The second-order valence-electron chi connectivity index (χ2n) is 3.68. The van der Waals surface area contributed by atoms with Crippen molar-refractivity contribution in [2.45, 2.75) is 12.8 Å². The van der Waals surface area contributed by atoms with Crippen molar-refractivity contribution in [1.29, 1.82) is 0 Å². The average molecular weight is 218 g/mol. The van der Waals surface area contributed by atoms with E-state index in [0.29, 0.717) is 6.42 Å². The van der Waals surface area contributed by atoms with Crippen LogP contribution in [0.4, 0.5) is 0 Å². The normalized spacial score (nSPS) is 15.1. The van der Waals surface area contributed by atoms with Gasteiger partial charge in [-0.05, 0) is 24.1 Å². The zero-order chi connectivity index (χ0) is 11.4. The summed E-state index contributed by atoms with van der Waals surface area (Å²) in [5.41, 5.74) is 2.04. The summed E-state index contributed by atoms with van der Waals surface area (Å²) < 4.78 is 10.3. The third kappa shape index (κ3) is 2.31. The number of hydrogen-bond donors (Lipinski definition) is 0. The average Bonchev–Trinajstić information content (AvgIpc) is 2.73. The lowest BCUT2D eigenvalue weighted by atomic mass is 10.0. The zero-order valence-electron chi connectivity index (χ0n) is 9.23. The first-order valence-electron chi connectivity index (χ1n) is 5.26. The van der Waals surface area contributed by atoms with Gasteiger partial charge < -0.3 is 9.47 Å². The molecule has 0 atom stereocenters. The molecule has 0 amide bonds. The Hall–Kier alpha value is -1.61. The van der Waals surface area contributed by atoms with Crippen LogP contribution in [0.1, 0.15) is 18.4 Å². The number of ketones is 1. The number of carbonyl (C=O) groups excluding carboxylic acids is 1. The molecule has 1 aromatic carbocycles.